The van der Waals surface area contributed by atoms with Crippen LogP contribution in [-0.4, -0.2) is 26.0 Å². The van der Waals surface area contributed by atoms with Crippen LogP contribution < -0.4 is 10.2 Å². The largest absolute Gasteiger partial charge is 0.373 e. The van der Waals surface area contributed by atoms with Crippen LogP contribution in [0.5, 0.6) is 0 Å². The van der Waals surface area contributed by atoms with Crippen molar-refractivity contribution in [3.05, 3.63) is 65.2 Å². The molecular weight excluding hydrogens is 284 g/mol. The average molecular weight is 308 g/mol. The molecule has 0 aliphatic heterocycles. The van der Waals surface area contributed by atoms with Crippen molar-refractivity contribution in [2.24, 2.45) is 0 Å². The van der Waals surface area contributed by atoms with Crippen LogP contribution in [0.1, 0.15) is 34.3 Å². The van der Waals surface area contributed by atoms with Crippen LogP contribution in [0, 0.1) is 0 Å². The Morgan fingerprint density at radius 1 is 1.04 bits per heavy atom. The van der Waals surface area contributed by atoms with Gasteiger partial charge >= 0.3 is 0 Å². The highest BCUT2D eigenvalue weighted by Crippen LogP contribution is 2.22. The zero-order valence-corrected chi connectivity index (χ0v) is 13.7. The molecule has 1 amide bonds. The van der Waals surface area contributed by atoms with Gasteiger partial charge in [-0.05, 0) is 61.1 Å². The van der Waals surface area contributed by atoms with Gasteiger partial charge in [0.1, 0.15) is 0 Å². The molecule has 0 fully saturated rings. The number of nitrogens with one attached hydrogen (secondary N) is 1. The number of amides is 1. The van der Waals surface area contributed by atoms with Gasteiger partial charge in [-0.25, -0.2) is 0 Å². The summed E-state index contributed by atoms with van der Waals surface area (Å²) in [7, 11) is 2.04. The molecule has 0 heterocycles. The van der Waals surface area contributed by atoms with Crippen molar-refractivity contribution in [1.29, 1.82) is 0 Å². The summed E-state index contributed by atoms with van der Waals surface area (Å²) in [5, 5.41) is 3.03. The lowest BCUT2D eigenvalue weighted by Gasteiger charge is -2.20. The van der Waals surface area contributed by atoms with Gasteiger partial charge in [-0.3, -0.25) is 4.79 Å². The third kappa shape index (κ3) is 3.92. The number of aryl methyl sites for hydroxylation is 2. The summed E-state index contributed by atoms with van der Waals surface area (Å²) in [5.41, 5.74) is 4.71. The quantitative estimate of drug-likeness (QED) is 0.918. The van der Waals surface area contributed by atoms with Gasteiger partial charge < -0.3 is 10.2 Å². The SMILES string of the molecule is CN(CCNC(=O)c1ccc2c(c1)CCCC2)c1ccccc1. The van der Waals surface area contributed by atoms with E-state index in [9.17, 15) is 4.79 Å². The van der Waals surface area contributed by atoms with Gasteiger partial charge in [-0.2, -0.15) is 0 Å². The smallest absolute Gasteiger partial charge is 0.251 e. The number of carbonyl (C=O) groups excluding carboxylic acids is 1. The van der Waals surface area contributed by atoms with Crippen molar-refractivity contribution in [1.82, 2.24) is 5.32 Å². The zero-order valence-electron chi connectivity index (χ0n) is 13.7. The Morgan fingerprint density at radius 3 is 2.57 bits per heavy atom. The molecule has 2 aromatic rings. The zero-order chi connectivity index (χ0) is 16.1. The van der Waals surface area contributed by atoms with Crippen LogP contribution in [0.3, 0.4) is 0 Å². The molecule has 0 spiro atoms. The summed E-state index contributed by atoms with van der Waals surface area (Å²) in [6.07, 6.45) is 4.76. The van der Waals surface area contributed by atoms with Gasteiger partial charge in [0, 0.05) is 31.4 Å². The number of fused-ring (bicyclic) bond motifs is 1. The fourth-order valence-corrected chi connectivity index (χ4v) is 3.13. The highest BCUT2D eigenvalue weighted by molar-refractivity contribution is 5.94. The van der Waals surface area contributed by atoms with Crippen molar-refractivity contribution >= 4 is 11.6 Å². The van der Waals surface area contributed by atoms with E-state index in [1.54, 1.807) is 0 Å². The Hall–Kier alpha value is -2.29. The molecule has 1 aliphatic carbocycles. The Balaban J connectivity index is 1.53. The van der Waals surface area contributed by atoms with Crippen molar-refractivity contribution in [3.63, 3.8) is 0 Å². The number of likely N-dealkylation sites (N-methyl/N-ethyl adjacent to an activating group) is 1. The molecule has 23 heavy (non-hydrogen) atoms. The molecule has 3 heteroatoms. The number of benzene rings is 2. The first kappa shape index (κ1) is 15.6. The van der Waals surface area contributed by atoms with Gasteiger partial charge in [-0.1, -0.05) is 24.3 Å². The van der Waals surface area contributed by atoms with Crippen molar-refractivity contribution in [2.45, 2.75) is 25.7 Å². The number of hydrogen-bond donors (Lipinski definition) is 1. The molecule has 1 aliphatic rings. The van der Waals surface area contributed by atoms with Crippen molar-refractivity contribution < 1.29 is 4.79 Å². The fraction of sp³-hybridized carbons (Fsp3) is 0.350. The maximum atomic E-state index is 12.3. The number of hydrogen-bond acceptors (Lipinski definition) is 2. The van der Waals surface area contributed by atoms with E-state index < -0.39 is 0 Å². The predicted octanol–water partition coefficient (Wildman–Crippen LogP) is 3.43. The van der Waals surface area contributed by atoms with Crippen LogP contribution in [0.15, 0.2) is 48.5 Å². The highest BCUT2D eigenvalue weighted by atomic mass is 16.1. The molecule has 3 rings (SSSR count). The number of para-hydroxylation sites is 1. The van der Waals surface area contributed by atoms with Crippen molar-refractivity contribution in [2.75, 3.05) is 25.0 Å². The lowest BCUT2D eigenvalue weighted by molar-refractivity contribution is 0.0954. The maximum absolute atomic E-state index is 12.3. The van der Waals surface area contributed by atoms with E-state index in [0.717, 1.165) is 30.6 Å². The van der Waals surface area contributed by atoms with E-state index in [0.29, 0.717) is 6.54 Å². The monoisotopic (exact) mass is 308 g/mol. The van der Waals surface area contributed by atoms with Crippen LogP contribution in [-0.2, 0) is 12.8 Å². The average Bonchev–Trinajstić information content (AvgIpc) is 2.61. The van der Waals surface area contributed by atoms with E-state index >= 15 is 0 Å². The third-order valence-corrected chi connectivity index (χ3v) is 4.54. The second kappa shape index (κ2) is 7.32. The summed E-state index contributed by atoms with van der Waals surface area (Å²) >= 11 is 0. The van der Waals surface area contributed by atoms with Crippen LogP contribution in [0.2, 0.25) is 0 Å². The van der Waals surface area contributed by atoms with Crippen molar-refractivity contribution in [3.8, 4) is 0 Å². The Kier molecular flexibility index (Phi) is 4.96. The molecule has 0 saturated carbocycles. The lowest BCUT2D eigenvalue weighted by Crippen LogP contribution is -2.33. The fourth-order valence-electron chi connectivity index (χ4n) is 3.13. The summed E-state index contributed by atoms with van der Waals surface area (Å²) < 4.78 is 0. The van der Waals surface area contributed by atoms with E-state index in [-0.39, 0.29) is 5.91 Å². The van der Waals surface area contributed by atoms with Crippen LogP contribution in [0.4, 0.5) is 5.69 Å². The first-order valence-corrected chi connectivity index (χ1v) is 8.40. The topological polar surface area (TPSA) is 32.3 Å². The Bertz CT molecular complexity index is 667. The predicted molar refractivity (Wildman–Crippen MR) is 95.1 cm³/mol. The first-order valence-electron chi connectivity index (χ1n) is 8.40. The molecule has 0 saturated heterocycles. The highest BCUT2D eigenvalue weighted by Gasteiger charge is 2.12. The molecule has 3 nitrogen and oxygen atoms in total. The number of nitrogens with zero attached hydrogens (tertiary/aromatic N) is 1. The molecule has 0 bridgehead atoms. The van der Waals surface area contributed by atoms with Crippen LogP contribution in [0.25, 0.3) is 0 Å². The summed E-state index contributed by atoms with van der Waals surface area (Å²) in [6, 6.07) is 16.4. The second-order valence-electron chi connectivity index (χ2n) is 6.20. The van der Waals surface area contributed by atoms with E-state index in [1.165, 1.54) is 24.0 Å². The van der Waals surface area contributed by atoms with E-state index in [2.05, 4.69) is 34.5 Å². The molecule has 0 atom stereocenters. The molecule has 120 valence electrons. The normalized spacial score (nSPS) is 13.3. The Morgan fingerprint density at radius 2 is 1.78 bits per heavy atom. The van der Waals surface area contributed by atoms with Gasteiger partial charge in [0.05, 0.1) is 0 Å². The number of rotatable bonds is 5. The third-order valence-electron chi connectivity index (χ3n) is 4.54. The minimum absolute atomic E-state index is 0.0276. The van der Waals surface area contributed by atoms with E-state index in [4.69, 9.17) is 0 Å². The van der Waals surface area contributed by atoms with Gasteiger partial charge in [0.15, 0.2) is 0 Å². The number of carbonyl (C=O) groups is 1. The molecule has 0 aromatic heterocycles. The van der Waals surface area contributed by atoms with Gasteiger partial charge in [0.2, 0.25) is 0 Å². The maximum Gasteiger partial charge on any atom is 0.251 e. The number of anilines is 1. The van der Waals surface area contributed by atoms with E-state index in [1.807, 2.05) is 31.3 Å². The molecule has 0 unspecified atom stereocenters. The summed E-state index contributed by atoms with van der Waals surface area (Å²) in [6.45, 7) is 1.43. The first-order chi connectivity index (χ1) is 11.2. The minimum atomic E-state index is 0.0276. The summed E-state index contributed by atoms with van der Waals surface area (Å²) in [5.74, 6) is 0.0276. The molecular formula is C20H24N2O. The summed E-state index contributed by atoms with van der Waals surface area (Å²) in [4.78, 5) is 14.5. The van der Waals surface area contributed by atoms with Gasteiger partial charge in [-0.15, -0.1) is 0 Å². The second-order valence-corrected chi connectivity index (χ2v) is 6.20. The lowest BCUT2D eigenvalue weighted by atomic mass is 9.90. The standard InChI is InChI=1S/C20H24N2O/c1-22(19-9-3-2-4-10-19)14-13-21-20(23)18-12-11-16-7-5-6-8-17(16)15-18/h2-4,9-12,15H,5-8,13-14H2,1H3,(H,21,23). The van der Waals surface area contributed by atoms with Crippen LogP contribution >= 0.6 is 0 Å². The molecule has 1 N–H and O–H groups in total. The molecule has 2 aromatic carbocycles. The minimum Gasteiger partial charge on any atom is -0.373 e. The van der Waals surface area contributed by atoms with Gasteiger partial charge in [0.25, 0.3) is 5.91 Å². The molecule has 0 radical (unpaired) electrons. The Labute approximate surface area is 138 Å².